The number of thioether (sulfide) groups is 1. The quantitative estimate of drug-likeness (QED) is 0.793. The molecule has 3 aliphatic heterocycles. The number of rotatable bonds is 1. The van der Waals surface area contributed by atoms with Gasteiger partial charge in [-0.1, -0.05) is 60.3 Å². The van der Waals surface area contributed by atoms with Crippen molar-refractivity contribution in [3.8, 4) is 0 Å². The number of amides is 1. The van der Waals surface area contributed by atoms with Crippen molar-refractivity contribution in [1.82, 2.24) is 0 Å². The normalized spacial score (nSPS) is 27.8. The van der Waals surface area contributed by atoms with Crippen LogP contribution >= 0.6 is 11.8 Å². The fraction of sp³-hybridized carbons (Fsp3) is 0.300. The monoisotopic (exact) mass is 350 g/mol. The molecular formula is C20H18N2O2S. The Bertz CT molecular complexity index is 867. The van der Waals surface area contributed by atoms with Crippen molar-refractivity contribution in [3.63, 3.8) is 0 Å². The number of benzene rings is 2. The number of anilines is 1. The first-order valence-corrected chi connectivity index (χ1v) is 9.39. The fourth-order valence-corrected chi connectivity index (χ4v) is 5.49. The highest BCUT2D eigenvalue weighted by Gasteiger charge is 2.56. The summed E-state index contributed by atoms with van der Waals surface area (Å²) < 4.78 is 5.19. The van der Waals surface area contributed by atoms with Crippen LogP contribution in [0, 0.1) is 0 Å². The lowest BCUT2D eigenvalue weighted by atomic mass is 9.83. The van der Waals surface area contributed by atoms with Crippen LogP contribution in [0.15, 0.2) is 59.6 Å². The van der Waals surface area contributed by atoms with E-state index >= 15 is 0 Å². The van der Waals surface area contributed by atoms with E-state index in [-0.39, 0.29) is 11.9 Å². The minimum atomic E-state index is -0.583. The Morgan fingerprint density at radius 2 is 1.92 bits per heavy atom. The van der Waals surface area contributed by atoms with E-state index in [0.717, 1.165) is 17.2 Å². The van der Waals surface area contributed by atoms with Crippen LogP contribution in [0.4, 0.5) is 5.69 Å². The Hall–Kier alpha value is -2.11. The predicted octanol–water partition coefficient (Wildman–Crippen LogP) is 2.91. The van der Waals surface area contributed by atoms with Crippen LogP contribution in [0.3, 0.4) is 0 Å². The van der Waals surface area contributed by atoms with Crippen LogP contribution in [0.1, 0.15) is 11.1 Å². The summed E-state index contributed by atoms with van der Waals surface area (Å²) in [4.78, 5) is 19.9. The molecule has 2 aromatic carbocycles. The third kappa shape index (κ3) is 2.26. The first-order valence-electron chi connectivity index (χ1n) is 8.58. The van der Waals surface area contributed by atoms with Crippen LogP contribution in [0.25, 0.3) is 0 Å². The van der Waals surface area contributed by atoms with Gasteiger partial charge in [-0.2, -0.15) is 0 Å². The summed E-state index contributed by atoms with van der Waals surface area (Å²) in [6.45, 7) is 2.09. The highest BCUT2D eigenvalue weighted by molar-refractivity contribution is 8.16. The van der Waals surface area contributed by atoms with Gasteiger partial charge in [0.2, 0.25) is 0 Å². The van der Waals surface area contributed by atoms with E-state index in [1.165, 1.54) is 11.3 Å². The molecule has 1 spiro atoms. The average molecular weight is 350 g/mol. The van der Waals surface area contributed by atoms with E-state index in [1.54, 1.807) is 11.8 Å². The molecule has 1 amide bonds. The molecular weight excluding hydrogens is 332 g/mol. The average Bonchev–Trinajstić information content (AvgIpc) is 3.00. The summed E-state index contributed by atoms with van der Waals surface area (Å²) in [7, 11) is 0. The molecule has 3 aliphatic rings. The van der Waals surface area contributed by atoms with E-state index in [9.17, 15) is 4.79 Å². The van der Waals surface area contributed by atoms with E-state index in [4.69, 9.17) is 4.74 Å². The van der Waals surface area contributed by atoms with Crippen molar-refractivity contribution in [2.75, 3.05) is 24.7 Å². The van der Waals surface area contributed by atoms with Crippen LogP contribution in [0.5, 0.6) is 0 Å². The number of hydrogen-bond acceptors (Lipinski definition) is 4. The van der Waals surface area contributed by atoms with Gasteiger partial charge in [0.25, 0.3) is 5.91 Å². The van der Waals surface area contributed by atoms with Gasteiger partial charge in [0.1, 0.15) is 9.79 Å². The van der Waals surface area contributed by atoms with Crippen molar-refractivity contribution in [2.45, 2.75) is 17.2 Å². The highest BCUT2D eigenvalue weighted by Crippen LogP contribution is 2.49. The van der Waals surface area contributed by atoms with Gasteiger partial charge in [-0.05, 0) is 11.6 Å². The number of nitrogens with zero attached hydrogens (tertiary/aromatic N) is 2. The summed E-state index contributed by atoms with van der Waals surface area (Å²) in [5, 5.41) is 0.829. The highest BCUT2D eigenvalue weighted by atomic mass is 32.2. The van der Waals surface area contributed by atoms with E-state index in [0.29, 0.717) is 19.6 Å². The second kappa shape index (κ2) is 5.71. The molecule has 4 nitrogen and oxygen atoms in total. The minimum absolute atomic E-state index is 0.0219. The SMILES string of the molecule is O=C1N=C(c2ccccc2)SC12Cc1ccccc1N1CCOCC12. The smallest absolute Gasteiger partial charge is 0.265 e. The lowest BCUT2D eigenvalue weighted by molar-refractivity contribution is -0.121. The zero-order valence-electron chi connectivity index (χ0n) is 13.7. The molecule has 5 rings (SSSR count). The van der Waals surface area contributed by atoms with Crippen LogP contribution in [0.2, 0.25) is 0 Å². The van der Waals surface area contributed by atoms with Crippen molar-refractivity contribution >= 4 is 28.4 Å². The van der Waals surface area contributed by atoms with E-state index in [2.05, 4.69) is 34.2 Å². The third-order valence-corrected chi connectivity index (χ3v) is 6.76. The lowest BCUT2D eigenvalue weighted by Gasteiger charge is -2.49. The van der Waals surface area contributed by atoms with Crippen molar-refractivity contribution in [3.05, 3.63) is 65.7 Å². The summed E-state index contributed by atoms with van der Waals surface area (Å²) in [6.07, 6.45) is 0.705. The van der Waals surface area contributed by atoms with Gasteiger partial charge in [0.05, 0.1) is 19.3 Å². The maximum Gasteiger partial charge on any atom is 0.265 e. The Morgan fingerprint density at radius 3 is 2.80 bits per heavy atom. The Labute approximate surface area is 150 Å². The number of fused-ring (bicyclic) bond motifs is 4. The molecule has 126 valence electrons. The summed E-state index contributed by atoms with van der Waals surface area (Å²) >= 11 is 1.62. The zero-order valence-corrected chi connectivity index (χ0v) is 14.5. The van der Waals surface area contributed by atoms with Crippen molar-refractivity contribution in [1.29, 1.82) is 0 Å². The van der Waals surface area contributed by atoms with Crippen LogP contribution < -0.4 is 4.90 Å². The number of carbonyl (C=O) groups excluding carboxylic acids is 1. The summed E-state index contributed by atoms with van der Waals surface area (Å²) in [5.74, 6) is -0.0219. The van der Waals surface area contributed by atoms with Gasteiger partial charge in [0, 0.05) is 24.2 Å². The molecule has 0 N–H and O–H groups in total. The van der Waals surface area contributed by atoms with Gasteiger partial charge >= 0.3 is 0 Å². The molecule has 0 bridgehead atoms. The molecule has 1 fully saturated rings. The third-order valence-electron chi connectivity index (χ3n) is 5.29. The molecule has 5 heteroatoms. The van der Waals surface area contributed by atoms with Gasteiger partial charge in [-0.3, -0.25) is 4.79 Å². The molecule has 0 aliphatic carbocycles. The predicted molar refractivity (Wildman–Crippen MR) is 100 cm³/mol. The van der Waals surface area contributed by atoms with Gasteiger partial charge in [-0.15, -0.1) is 0 Å². The Morgan fingerprint density at radius 1 is 1.12 bits per heavy atom. The Kier molecular flexibility index (Phi) is 3.47. The van der Waals surface area contributed by atoms with Gasteiger partial charge in [0.15, 0.2) is 0 Å². The van der Waals surface area contributed by atoms with Crippen LogP contribution in [-0.2, 0) is 16.0 Å². The summed E-state index contributed by atoms with van der Waals surface area (Å²) in [6, 6.07) is 18.4. The van der Waals surface area contributed by atoms with Crippen molar-refractivity contribution in [2.24, 2.45) is 4.99 Å². The molecule has 2 aromatic rings. The topological polar surface area (TPSA) is 41.9 Å². The summed E-state index contributed by atoms with van der Waals surface area (Å²) in [5.41, 5.74) is 3.48. The second-order valence-electron chi connectivity index (χ2n) is 6.67. The first kappa shape index (κ1) is 15.2. The molecule has 2 unspecified atom stereocenters. The van der Waals surface area contributed by atoms with Crippen molar-refractivity contribution < 1.29 is 9.53 Å². The molecule has 1 saturated heterocycles. The molecule has 3 heterocycles. The number of ether oxygens (including phenoxy) is 1. The largest absolute Gasteiger partial charge is 0.377 e. The number of hydrogen-bond donors (Lipinski definition) is 0. The molecule has 0 radical (unpaired) electrons. The van der Waals surface area contributed by atoms with Gasteiger partial charge in [-0.25, -0.2) is 4.99 Å². The standard InChI is InChI=1S/C20H18N2O2S/c23-19-20(25-18(21-19)14-6-2-1-3-7-14)12-15-8-4-5-9-16(15)22-10-11-24-13-17(20)22/h1-9,17H,10-13H2. The molecule has 0 saturated carbocycles. The maximum atomic E-state index is 13.1. The number of aliphatic imine (C=N–C) groups is 1. The number of morpholine rings is 1. The minimum Gasteiger partial charge on any atom is -0.377 e. The zero-order chi connectivity index (χ0) is 16.9. The Balaban J connectivity index is 1.58. The molecule has 25 heavy (non-hydrogen) atoms. The lowest BCUT2D eigenvalue weighted by Crippen LogP contribution is -2.63. The number of carbonyl (C=O) groups is 1. The first-order chi connectivity index (χ1) is 12.3. The maximum absolute atomic E-state index is 13.1. The fourth-order valence-electron chi connectivity index (χ4n) is 4.07. The van der Waals surface area contributed by atoms with Crippen LogP contribution in [-0.4, -0.2) is 41.5 Å². The molecule has 2 atom stereocenters. The van der Waals surface area contributed by atoms with E-state index < -0.39 is 4.75 Å². The van der Waals surface area contributed by atoms with E-state index in [1.807, 2.05) is 30.3 Å². The number of para-hydroxylation sites is 1. The second-order valence-corrected chi connectivity index (χ2v) is 7.99. The molecule has 0 aromatic heterocycles. The van der Waals surface area contributed by atoms with Gasteiger partial charge < -0.3 is 9.64 Å².